The maximum atomic E-state index is 12.6. The van der Waals surface area contributed by atoms with Crippen LogP contribution in [0.4, 0.5) is 0 Å². The summed E-state index contributed by atoms with van der Waals surface area (Å²) in [5.74, 6) is -1.56. The van der Waals surface area contributed by atoms with Gasteiger partial charge >= 0.3 is 5.97 Å². The van der Waals surface area contributed by atoms with Crippen molar-refractivity contribution in [1.29, 1.82) is 0 Å². The first-order valence-corrected chi connectivity index (χ1v) is 7.68. The fourth-order valence-corrected chi connectivity index (χ4v) is 2.13. The molecule has 0 fully saturated rings. The third kappa shape index (κ3) is 5.83. The number of ether oxygens (including phenoxy) is 1. The third-order valence-corrected chi connectivity index (χ3v) is 3.17. The number of rotatable bonds is 7. The van der Waals surface area contributed by atoms with E-state index in [0.29, 0.717) is 12.0 Å². The van der Waals surface area contributed by atoms with Crippen LogP contribution in [-0.4, -0.2) is 41.9 Å². The number of carbonyl (C=O) groups excluding carboxylic acids is 3. The third-order valence-electron chi connectivity index (χ3n) is 3.17. The molecule has 0 radical (unpaired) electrons. The van der Waals surface area contributed by atoms with Gasteiger partial charge in [-0.05, 0) is 31.4 Å². The zero-order valence-corrected chi connectivity index (χ0v) is 13.8. The molecule has 0 aliphatic heterocycles. The lowest BCUT2D eigenvalue weighted by atomic mass is 10.0. The van der Waals surface area contributed by atoms with Gasteiger partial charge in [0.25, 0.3) is 5.91 Å². The maximum Gasteiger partial charge on any atom is 0.326 e. The second-order valence-corrected chi connectivity index (χ2v) is 5.64. The lowest BCUT2D eigenvalue weighted by molar-refractivity contribution is -0.147. The van der Waals surface area contributed by atoms with Crippen molar-refractivity contribution in [2.75, 3.05) is 13.2 Å². The molecule has 23 heavy (non-hydrogen) atoms. The van der Waals surface area contributed by atoms with Gasteiger partial charge in [0.2, 0.25) is 5.91 Å². The largest absolute Gasteiger partial charge is 0.465 e. The minimum Gasteiger partial charge on any atom is -0.465 e. The molecule has 6 nitrogen and oxygen atoms in total. The summed E-state index contributed by atoms with van der Waals surface area (Å²) in [4.78, 5) is 37.7. The second kappa shape index (κ2) is 9.05. The van der Waals surface area contributed by atoms with Crippen molar-refractivity contribution in [3.8, 4) is 0 Å². The van der Waals surface area contributed by atoms with E-state index in [4.69, 9.17) is 10.5 Å². The van der Waals surface area contributed by atoms with Crippen molar-refractivity contribution in [3.63, 3.8) is 0 Å². The zero-order valence-electron chi connectivity index (χ0n) is 13.8. The van der Waals surface area contributed by atoms with E-state index in [1.54, 1.807) is 37.3 Å². The maximum absolute atomic E-state index is 12.6. The van der Waals surface area contributed by atoms with Gasteiger partial charge in [-0.25, -0.2) is 0 Å². The molecule has 0 aromatic heterocycles. The van der Waals surface area contributed by atoms with E-state index >= 15 is 0 Å². The van der Waals surface area contributed by atoms with Gasteiger partial charge in [0.1, 0.15) is 6.54 Å². The molecule has 0 saturated heterocycles. The van der Waals surface area contributed by atoms with Crippen LogP contribution in [-0.2, 0) is 14.3 Å². The Morgan fingerprint density at radius 1 is 1.17 bits per heavy atom. The van der Waals surface area contributed by atoms with E-state index in [2.05, 4.69) is 0 Å². The van der Waals surface area contributed by atoms with Crippen molar-refractivity contribution in [2.24, 2.45) is 11.7 Å². The number of nitrogens with two attached hydrogens (primary N) is 1. The Kier molecular flexibility index (Phi) is 7.41. The molecular weight excluding hydrogens is 296 g/mol. The molecular formula is C17H24N2O4. The lowest BCUT2D eigenvalue weighted by Crippen LogP contribution is -2.49. The Balaban J connectivity index is 2.99. The summed E-state index contributed by atoms with van der Waals surface area (Å²) in [6, 6.07) is 7.47. The monoisotopic (exact) mass is 320 g/mol. The van der Waals surface area contributed by atoms with Crippen LogP contribution in [0.25, 0.3) is 0 Å². The van der Waals surface area contributed by atoms with Crippen LogP contribution < -0.4 is 5.73 Å². The standard InChI is InChI=1S/C17H24N2O4/c1-4-23-15(20)11-19(17(22)14(18)10-12(2)3)16(21)13-8-6-5-7-9-13/h5-9,12,14H,4,10-11,18H2,1-3H3. The normalized spacial score (nSPS) is 11.9. The highest BCUT2D eigenvalue weighted by Gasteiger charge is 2.30. The van der Waals surface area contributed by atoms with Crippen LogP contribution in [0.1, 0.15) is 37.6 Å². The molecule has 2 amide bonds. The van der Waals surface area contributed by atoms with Crippen LogP contribution in [0.15, 0.2) is 30.3 Å². The van der Waals surface area contributed by atoms with Crippen molar-refractivity contribution < 1.29 is 19.1 Å². The van der Waals surface area contributed by atoms with Gasteiger partial charge < -0.3 is 10.5 Å². The molecule has 0 bridgehead atoms. The fourth-order valence-electron chi connectivity index (χ4n) is 2.13. The van der Waals surface area contributed by atoms with E-state index in [9.17, 15) is 14.4 Å². The predicted molar refractivity (Wildman–Crippen MR) is 86.5 cm³/mol. The quantitative estimate of drug-likeness (QED) is 0.771. The number of esters is 1. The van der Waals surface area contributed by atoms with Crippen molar-refractivity contribution in [3.05, 3.63) is 35.9 Å². The molecule has 2 N–H and O–H groups in total. The minimum absolute atomic E-state index is 0.179. The Labute approximate surface area is 136 Å². The first-order chi connectivity index (χ1) is 10.9. The van der Waals surface area contributed by atoms with Crippen LogP contribution in [0.2, 0.25) is 0 Å². The molecule has 1 rings (SSSR count). The van der Waals surface area contributed by atoms with Gasteiger partial charge in [0.15, 0.2) is 0 Å². The van der Waals surface area contributed by atoms with E-state index in [0.717, 1.165) is 4.90 Å². The van der Waals surface area contributed by atoms with E-state index in [1.165, 1.54) is 0 Å². The van der Waals surface area contributed by atoms with Gasteiger partial charge in [-0.1, -0.05) is 32.0 Å². The van der Waals surface area contributed by atoms with E-state index in [-0.39, 0.29) is 12.5 Å². The number of benzene rings is 1. The summed E-state index contributed by atoms with van der Waals surface area (Å²) in [6.45, 7) is 5.27. The van der Waals surface area contributed by atoms with Crippen LogP contribution in [0.3, 0.4) is 0 Å². The molecule has 1 unspecified atom stereocenters. The molecule has 1 aromatic rings. The zero-order chi connectivity index (χ0) is 17.4. The van der Waals surface area contributed by atoms with Crippen LogP contribution in [0, 0.1) is 5.92 Å². The minimum atomic E-state index is -0.836. The first kappa shape index (κ1) is 18.8. The van der Waals surface area contributed by atoms with Gasteiger partial charge in [-0.2, -0.15) is 0 Å². The van der Waals surface area contributed by atoms with E-state index in [1.807, 2.05) is 13.8 Å². The highest BCUT2D eigenvalue weighted by Crippen LogP contribution is 2.10. The molecule has 0 saturated carbocycles. The fraction of sp³-hybridized carbons (Fsp3) is 0.471. The number of hydrogen-bond donors (Lipinski definition) is 1. The molecule has 1 aromatic carbocycles. The van der Waals surface area contributed by atoms with Crippen molar-refractivity contribution in [2.45, 2.75) is 33.2 Å². The second-order valence-electron chi connectivity index (χ2n) is 5.64. The first-order valence-electron chi connectivity index (χ1n) is 7.68. The summed E-state index contributed by atoms with van der Waals surface area (Å²) in [7, 11) is 0. The van der Waals surface area contributed by atoms with Crippen molar-refractivity contribution in [1.82, 2.24) is 4.90 Å². The molecule has 0 aliphatic rings. The van der Waals surface area contributed by atoms with Crippen LogP contribution >= 0.6 is 0 Å². The number of hydrogen-bond acceptors (Lipinski definition) is 5. The summed E-state index contributed by atoms with van der Waals surface area (Å²) in [5.41, 5.74) is 6.21. The smallest absolute Gasteiger partial charge is 0.326 e. The van der Waals surface area contributed by atoms with Gasteiger partial charge in [-0.15, -0.1) is 0 Å². The summed E-state index contributed by atoms with van der Waals surface area (Å²) < 4.78 is 4.84. The molecule has 0 spiro atoms. The van der Waals surface area contributed by atoms with Gasteiger partial charge in [-0.3, -0.25) is 19.3 Å². The number of nitrogens with zero attached hydrogens (tertiary/aromatic N) is 1. The Morgan fingerprint density at radius 2 is 1.78 bits per heavy atom. The number of carbonyl (C=O) groups is 3. The molecule has 6 heteroatoms. The van der Waals surface area contributed by atoms with E-state index < -0.39 is 30.4 Å². The number of amides is 2. The Bertz CT molecular complexity index is 543. The summed E-state index contributed by atoms with van der Waals surface area (Å²) in [5, 5.41) is 0. The van der Waals surface area contributed by atoms with Crippen molar-refractivity contribution >= 4 is 17.8 Å². The van der Waals surface area contributed by atoms with Crippen LogP contribution in [0.5, 0.6) is 0 Å². The summed E-state index contributed by atoms with van der Waals surface area (Å²) in [6.07, 6.45) is 0.431. The lowest BCUT2D eigenvalue weighted by Gasteiger charge is -2.24. The Morgan fingerprint density at radius 3 is 2.30 bits per heavy atom. The average molecular weight is 320 g/mol. The Hall–Kier alpha value is -2.21. The highest BCUT2D eigenvalue weighted by molar-refractivity contribution is 6.07. The topological polar surface area (TPSA) is 89.7 Å². The number of imide groups is 1. The van der Waals surface area contributed by atoms with Gasteiger partial charge in [0, 0.05) is 5.56 Å². The highest BCUT2D eigenvalue weighted by atomic mass is 16.5. The average Bonchev–Trinajstić information content (AvgIpc) is 2.51. The predicted octanol–water partition coefficient (Wildman–Crippen LogP) is 1.59. The SMILES string of the molecule is CCOC(=O)CN(C(=O)c1ccccc1)C(=O)C(N)CC(C)C. The molecule has 1 atom stereocenters. The molecule has 0 heterocycles. The van der Waals surface area contributed by atoms with Gasteiger partial charge in [0.05, 0.1) is 12.6 Å². The summed E-state index contributed by atoms with van der Waals surface area (Å²) >= 11 is 0. The molecule has 0 aliphatic carbocycles. The molecule has 126 valence electrons.